The van der Waals surface area contributed by atoms with E-state index in [1.165, 1.54) is 12.1 Å². The molecule has 1 aliphatic heterocycles. The van der Waals surface area contributed by atoms with E-state index in [1.807, 2.05) is 18.2 Å². The number of halogens is 2. The van der Waals surface area contributed by atoms with E-state index in [4.69, 9.17) is 32.7 Å². The summed E-state index contributed by atoms with van der Waals surface area (Å²) in [6.07, 6.45) is 0.765. The Balaban J connectivity index is 1.59. The number of ether oxygens (including phenoxy) is 2. The van der Waals surface area contributed by atoms with Gasteiger partial charge in [0.15, 0.2) is 17.2 Å². The Morgan fingerprint density at radius 2 is 1.83 bits per heavy atom. The molecule has 1 saturated heterocycles. The van der Waals surface area contributed by atoms with Crippen LogP contribution < -0.4 is 14.8 Å². The Hall–Kier alpha value is -2.64. The molecule has 1 fully saturated rings. The normalized spacial score (nSPS) is 15.9. The maximum atomic E-state index is 12.6. The fraction of sp³-hybridized carbons (Fsp3) is 0.333. The number of anilines is 1. The molecule has 3 rings (SSSR count). The van der Waals surface area contributed by atoms with E-state index < -0.39 is 5.92 Å². The Labute approximate surface area is 184 Å². The SMILES string of the molecule is COc1ccc(CCN2CC(C(=O)Nc3cc(Cl)c(O)c(Cl)c3)CC2=O)cc1OC. The third-order valence-electron chi connectivity index (χ3n) is 4.99. The molecule has 2 aromatic carbocycles. The van der Waals surface area contributed by atoms with E-state index in [-0.39, 0.29) is 34.0 Å². The van der Waals surface area contributed by atoms with Crippen molar-refractivity contribution in [2.45, 2.75) is 12.8 Å². The van der Waals surface area contributed by atoms with Gasteiger partial charge in [-0.05, 0) is 36.2 Å². The van der Waals surface area contributed by atoms with Crippen LogP contribution in [0.25, 0.3) is 0 Å². The van der Waals surface area contributed by atoms with Crippen LogP contribution in [-0.4, -0.2) is 49.1 Å². The van der Waals surface area contributed by atoms with Crippen molar-refractivity contribution in [1.82, 2.24) is 4.90 Å². The van der Waals surface area contributed by atoms with Crippen molar-refractivity contribution in [2.75, 3.05) is 32.6 Å². The van der Waals surface area contributed by atoms with Crippen LogP contribution in [0.2, 0.25) is 10.0 Å². The van der Waals surface area contributed by atoms with Crippen LogP contribution in [0.1, 0.15) is 12.0 Å². The van der Waals surface area contributed by atoms with Crippen molar-refractivity contribution >= 4 is 40.7 Å². The number of phenolic OH excluding ortho intramolecular Hbond substituents is 1. The number of nitrogens with zero attached hydrogens (tertiary/aromatic N) is 1. The Bertz CT molecular complexity index is 943. The predicted molar refractivity (Wildman–Crippen MR) is 115 cm³/mol. The van der Waals surface area contributed by atoms with Crippen LogP contribution in [0.3, 0.4) is 0 Å². The minimum Gasteiger partial charge on any atom is -0.505 e. The fourth-order valence-corrected chi connectivity index (χ4v) is 3.83. The number of phenols is 1. The fourth-order valence-electron chi connectivity index (χ4n) is 3.35. The topological polar surface area (TPSA) is 88.1 Å². The summed E-state index contributed by atoms with van der Waals surface area (Å²) in [5, 5.41) is 12.4. The van der Waals surface area contributed by atoms with Crippen LogP contribution in [0.5, 0.6) is 17.2 Å². The van der Waals surface area contributed by atoms with Crippen molar-refractivity contribution in [1.29, 1.82) is 0 Å². The summed E-state index contributed by atoms with van der Waals surface area (Å²) in [6, 6.07) is 8.44. The number of methoxy groups -OCH3 is 2. The van der Waals surface area contributed by atoms with E-state index in [9.17, 15) is 14.7 Å². The van der Waals surface area contributed by atoms with Gasteiger partial charge in [-0.2, -0.15) is 0 Å². The van der Waals surface area contributed by atoms with Crippen LogP contribution in [0.15, 0.2) is 30.3 Å². The molecule has 0 aromatic heterocycles. The van der Waals surface area contributed by atoms with Crippen LogP contribution in [-0.2, 0) is 16.0 Å². The van der Waals surface area contributed by atoms with E-state index in [0.717, 1.165) is 5.56 Å². The molecule has 2 N–H and O–H groups in total. The van der Waals surface area contributed by atoms with Gasteiger partial charge in [-0.25, -0.2) is 0 Å². The first-order chi connectivity index (χ1) is 14.3. The number of rotatable bonds is 7. The molecule has 9 heteroatoms. The summed E-state index contributed by atoms with van der Waals surface area (Å²) < 4.78 is 10.5. The van der Waals surface area contributed by atoms with Crippen molar-refractivity contribution in [2.24, 2.45) is 5.92 Å². The molecule has 2 aromatic rings. The van der Waals surface area contributed by atoms with Gasteiger partial charge in [0.05, 0.1) is 30.2 Å². The second kappa shape index (κ2) is 9.45. The minimum atomic E-state index is -0.478. The highest BCUT2D eigenvalue weighted by Crippen LogP contribution is 2.35. The van der Waals surface area contributed by atoms with E-state index in [2.05, 4.69) is 5.32 Å². The monoisotopic (exact) mass is 452 g/mol. The zero-order valence-electron chi connectivity index (χ0n) is 16.6. The number of carbonyl (C=O) groups excluding carboxylic acids is 2. The summed E-state index contributed by atoms with van der Waals surface area (Å²) in [4.78, 5) is 26.6. The van der Waals surface area contributed by atoms with Gasteiger partial charge in [0.2, 0.25) is 11.8 Å². The lowest BCUT2D eigenvalue weighted by atomic mass is 10.1. The minimum absolute atomic E-state index is 0.0387. The Morgan fingerprint density at radius 1 is 1.17 bits per heavy atom. The average molecular weight is 453 g/mol. The van der Waals surface area contributed by atoms with Crippen LogP contribution in [0, 0.1) is 5.92 Å². The molecule has 30 heavy (non-hydrogen) atoms. The zero-order valence-corrected chi connectivity index (χ0v) is 18.1. The summed E-state index contributed by atoms with van der Waals surface area (Å²) in [5.41, 5.74) is 1.37. The molecule has 2 amide bonds. The van der Waals surface area contributed by atoms with E-state index in [1.54, 1.807) is 19.1 Å². The highest BCUT2D eigenvalue weighted by Gasteiger charge is 2.34. The first kappa shape index (κ1) is 22.1. The maximum Gasteiger partial charge on any atom is 0.229 e. The molecule has 0 aliphatic carbocycles. The summed E-state index contributed by atoms with van der Waals surface area (Å²) >= 11 is 11.8. The van der Waals surface area contributed by atoms with Gasteiger partial charge in [-0.3, -0.25) is 9.59 Å². The van der Waals surface area contributed by atoms with Crippen molar-refractivity contribution < 1.29 is 24.2 Å². The van der Waals surface area contributed by atoms with Gasteiger partial charge >= 0.3 is 0 Å². The molecule has 0 bridgehead atoms. The number of nitrogens with one attached hydrogen (secondary N) is 1. The molecular weight excluding hydrogens is 431 g/mol. The zero-order chi connectivity index (χ0) is 21.8. The predicted octanol–water partition coefficient (Wildman–Crippen LogP) is 3.75. The summed E-state index contributed by atoms with van der Waals surface area (Å²) in [6.45, 7) is 0.826. The standard InChI is InChI=1S/C21H22Cl2N2O5/c1-29-17-4-3-12(7-18(17)30-2)5-6-25-11-13(8-19(25)26)21(28)24-14-9-15(22)20(27)16(23)10-14/h3-4,7,9-10,13,27H,5-6,8,11H2,1-2H3,(H,24,28). The van der Waals surface area contributed by atoms with Gasteiger partial charge in [-0.1, -0.05) is 29.3 Å². The Kier molecular flexibility index (Phi) is 6.95. The smallest absolute Gasteiger partial charge is 0.229 e. The quantitative estimate of drug-likeness (QED) is 0.624. The van der Waals surface area contributed by atoms with Crippen LogP contribution in [0.4, 0.5) is 5.69 Å². The van der Waals surface area contributed by atoms with Crippen molar-refractivity contribution in [3.05, 3.63) is 45.9 Å². The lowest BCUT2D eigenvalue weighted by Crippen LogP contribution is -2.30. The third-order valence-corrected chi connectivity index (χ3v) is 5.56. The van der Waals surface area contributed by atoms with Gasteiger partial charge < -0.3 is 24.8 Å². The molecule has 1 unspecified atom stereocenters. The van der Waals surface area contributed by atoms with Crippen molar-refractivity contribution in [3.8, 4) is 17.2 Å². The number of carbonyl (C=O) groups is 2. The Morgan fingerprint density at radius 3 is 2.47 bits per heavy atom. The highest BCUT2D eigenvalue weighted by molar-refractivity contribution is 6.37. The third kappa shape index (κ3) is 4.91. The van der Waals surface area contributed by atoms with Gasteiger partial charge in [0.25, 0.3) is 0 Å². The van der Waals surface area contributed by atoms with Gasteiger partial charge in [0, 0.05) is 25.2 Å². The summed E-state index contributed by atoms with van der Waals surface area (Å²) in [5.74, 6) is 0.186. The molecule has 1 atom stereocenters. The molecule has 0 spiro atoms. The largest absolute Gasteiger partial charge is 0.505 e. The van der Waals surface area contributed by atoms with Crippen LogP contribution >= 0.6 is 23.2 Å². The molecule has 1 heterocycles. The number of benzene rings is 2. The van der Waals surface area contributed by atoms with E-state index in [0.29, 0.717) is 36.7 Å². The second-order valence-electron chi connectivity index (χ2n) is 6.96. The first-order valence-corrected chi connectivity index (χ1v) is 10.1. The second-order valence-corrected chi connectivity index (χ2v) is 7.77. The van der Waals surface area contributed by atoms with E-state index >= 15 is 0 Å². The number of hydrogen-bond acceptors (Lipinski definition) is 5. The average Bonchev–Trinajstić information content (AvgIpc) is 3.10. The number of likely N-dealkylation sites (tertiary alicyclic amines) is 1. The van der Waals surface area contributed by atoms with Gasteiger partial charge in [0.1, 0.15) is 0 Å². The number of amides is 2. The molecule has 0 radical (unpaired) electrons. The molecular formula is C21H22Cl2N2O5. The molecule has 0 saturated carbocycles. The lowest BCUT2D eigenvalue weighted by Gasteiger charge is -2.17. The van der Waals surface area contributed by atoms with Gasteiger partial charge in [-0.15, -0.1) is 0 Å². The number of hydrogen-bond donors (Lipinski definition) is 2. The highest BCUT2D eigenvalue weighted by atomic mass is 35.5. The maximum absolute atomic E-state index is 12.6. The summed E-state index contributed by atoms with van der Waals surface area (Å²) in [7, 11) is 3.15. The molecule has 160 valence electrons. The molecule has 1 aliphatic rings. The first-order valence-electron chi connectivity index (χ1n) is 9.30. The lowest BCUT2D eigenvalue weighted by molar-refractivity contribution is -0.128. The molecule has 7 nitrogen and oxygen atoms in total. The number of aromatic hydroxyl groups is 1. The van der Waals surface area contributed by atoms with Crippen molar-refractivity contribution in [3.63, 3.8) is 0 Å².